The molecular formula is C17H19F3N2O. The molecule has 2 atom stereocenters. The minimum Gasteiger partial charge on any atom is -0.369 e. The van der Waals surface area contributed by atoms with Gasteiger partial charge in [0.2, 0.25) is 0 Å². The second kappa shape index (κ2) is 4.97. The van der Waals surface area contributed by atoms with Crippen molar-refractivity contribution in [3.63, 3.8) is 0 Å². The third-order valence-electron chi connectivity index (χ3n) is 5.31. The molecular weight excluding hydrogens is 305 g/mol. The molecule has 1 aromatic carbocycles. The normalized spacial score (nSPS) is 30.6. The van der Waals surface area contributed by atoms with Gasteiger partial charge in [0, 0.05) is 37.3 Å². The fraction of sp³-hybridized carbons (Fsp3) is 0.588. The Morgan fingerprint density at radius 3 is 2.78 bits per heavy atom. The van der Waals surface area contributed by atoms with Crippen LogP contribution in [0.25, 0.3) is 0 Å². The lowest BCUT2D eigenvalue weighted by Gasteiger charge is -2.40. The Hall–Kier alpha value is -1.56. The Labute approximate surface area is 132 Å². The van der Waals surface area contributed by atoms with Gasteiger partial charge in [-0.25, -0.2) is 0 Å². The average Bonchev–Trinajstić information content (AvgIpc) is 3.32. The number of fused-ring (bicyclic) bond motifs is 2. The number of hydrogen-bond donors (Lipinski definition) is 1. The highest BCUT2D eigenvalue weighted by atomic mass is 19.4. The van der Waals surface area contributed by atoms with Crippen LogP contribution < -0.4 is 10.2 Å². The SMILES string of the molecule is O=C(C1CC1)C12CNC(CN(c3cccc(C(F)(F)F)c3)C1)C2. The van der Waals surface area contributed by atoms with Crippen LogP contribution in [0.15, 0.2) is 24.3 Å². The van der Waals surface area contributed by atoms with Crippen LogP contribution in [-0.4, -0.2) is 31.5 Å². The fourth-order valence-corrected chi connectivity index (χ4v) is 4.02. The largest absolute Gasteiger partial charge is 0.416 e. The quantitative estimate of drug-likeness (QED) is 0.928. The first-order chi connectivity index (χ1) is 10.9. The third kappa shape index (κ3) is 2.63. The van der Waals surface area contributed by atoms with Gasteiger partial charge >= 0.3 is 6.18 Å². The molecule has 4 rings (SSSR count). The number of ketones is 1. The molecule has 2 aliphatic heterocycles. The van der Waals surface area contributed by atoms with Gasteiger partial charge in [-0.3, -0.25) is 4.79 Å². The zero-order chi connectivity index (χ0) is 16.2. The van der Waals surface area contributed by atoms with E-state index in [1.807, 2.05) is 4.90 Å². The van der Waals surface area contributed by atoms with Crippen molar-refractivity contribution in [3.05, 3.63) is 29.8 Å². The van der Waals surface area contributed by atoms with E-state index < -0.39 is 17.2 Å². The van der Waals surface area contributed by atoms with Gasteiger partial charge in [0.1, 0.15) is 5.78 Å². The number of carbonyl (C=O) groups is 1. The van der Waals surface area contributed by atoms with Gasteiger partial charge in [-0.2, -0.15) is 13.2 Å². The Bertz CT molecular complexity index is 641. The number of hydrogen-bond acceptors (Lipinski definition) is 3. The second-order valence-electron chi connectivity index (χ2n) is 7.13. The first-order valence-corrected chi connectivity index (χ1v) is 8.07. The van der Waals surface area contributed by atoms with Crippen LogP contribution in [0.2, 0.25) is 0 Å². The van der Waals surface area contributed by atoms with E-state index in [4.69, 9.17) is 0 Å². The molecule has 2 unspecified atom stereocenters. The summed E-state index contributed by atoms with van der Waals surface area (Å²) in [6.07, 6.45) is -1.59. The molecule has 3 fully saturated rings. The number of nitrogens with one attached hydrogen (secondary N) is 1. The molecule has 3 nitrogen and oxygen atoms in total. The summed E-state index contributed by atoms with van der Waals surface area (Å²) in [5, 5.41) is 3.38. The summed E-state index contributed by atoms with van der Waals surface area (Å²) >= 11 is 0. The highest BCUT2D eigenvalue weighted by Gasteiger charge is 2.53. The maximum atomic E-state index is 12.9. The maximum absolute atomic E-state index is 12.9. The number of benzene rings is 1. The van der Waals surface area contributed by atoms with Crippen molar-refractivity contribution in [1.82, 2.24) is 5.32 Å². The van der Waals surface area contributed by atoms with E-state index in [9.17, 15) is 18.0 Å². The molecule has 6 heteroatoms. The number of Topliss-reactive ketones (excluding diaryl/α,β-unsaturated/α-hetero) is 1. The zero-order valence-corrected chi connectivity index (χ0v) is 12.7. The molecule has 2 bridgehead atoms. The van der Waals surface area contributed by atoms with Crippen molar-refractivity contribution in [2.45, 2.75) is 31.5 Å². The van der Waals surface area contributed by atoms with Gasteiger partial charge in [-0.05, 0) is 37.5 Å². The summed E-state index contributed by atoms with van der Waals surface area (Å²) < 4.78 is 38.8. The Morgan fingerprint density at radius 1 is 1.30 bits per heavy atom. The molecule has 124 valence electrons. The first-order valence-electron chi connectivity index (χ1n) is 8.07. The Balaban J connectivity index is 1.62. The Kier molecular flexibility index (Phi) is 3.24. The van der Waals surface area contributed by atoms with Crippen LogP contribution in [-0.2, 0) is 11.0 Å². The van der Waals surface area contributed by atoms with Crippen LogP contribution >= 0.6 is 0 Å². The molecule has 0 amide bonds. The van der Waals surface area contributed by atoms with Crippen LogP contribution in [0.5, 0.6) is 0 Å². The van der Waals surface area contributed by atoms with E-state index in [-0.39, 0.29) is 12.0 Å². The summed E-state index contributed by atoms with van der Waals surface area (Å²) in [5.41, 5.74) is -0.497. The minimum atomic E-state index is -4.34. The number of rotatable bonds is 3. The van der Waals surface area contributed by atoms with E-state index in [1.165, 1.54) is 12.1 Å². The standard InChI is InChI=1S/C17H19F3N2O/c18-17(19,20)12-2-1-3-14(6-12)22-8-13-7-16(10-22,9-21-13)15(23)11-4-5-11/h1-3,6,11,13,21H,4-5,7-10H2. The molecule has 0 radical (unpaired) electrons. The van der Waals surface area contributed by atoms with E-state index >= 15 is 0 Å². The lowest BCUT2D eigenvalue weighted by Crippen LogP contribution is -2.50. The lowest BCUT2D eigenvalue weighted by molar-refractivity contribution is -0.137. The molecule has 1 aliphatic carbocycles. The van der Waals surface area contributed by atoms with Gasteiger partial charge < -0.3 is 10.2 Å². The van der Waals surface area contributed by atoms with E-state index in [0.717, 1.165) is 25.3 Å². The van der Waals surface area contributed by atoms with Crippen molar-refractivity contribution in [2.75, 3.05) is 24.5 Å². The number of alkyl halides is 3. The molecule has 0 aromatic heterocycles. The van der Waals surface area contributed by atoms with E-state index in [0.29, 0.717) is 31.1 Å². The monoisotopic (exact) mass is 324 g/mol. The number of anilines is 1. The third-order valence-corrected chi connectivity index (χ3v) is 5.31. The summed E-state index contributed by atoms with van der Waals surface area (Å²) in [6, 6.07) is 5.61. The van der Waals surface area contributed by atoms with Gasteiger partial charge in [0.15, 0.2) is 0 Å². The molecule has 2 heterocycles. The summed E-state index contributed by atoms with van der Waals surface area (Å²) in [5.74, 6) is 0.487. The first kappa shape index (κ1) is 15.0. The van der Waals surface area contributed by atoms with Crippen molar-refractivity contribution in [2.24, 2.45) is 11.3 Å². The fourth-order valence-electron chi connectivity index (χ4n) is 4.02. The topological polar surface area (TPSA) is 32.3 Å². The van der Waals surface area contributed by atoms with Crippen LogP contribution in [0.3, 0.4) is 0 Å². The summed E-state index contributed by atoms with van der Waals surface area (Å²) in [7, 11) is 0. The molecule has 1 aromatic rings. The van der Waals surface area contributed by atoms with Crippen LogP contribution in [0.4, 0.5) is 18.9 Å². The molecule has 2 saturated heterocycles. The minimum absolute atomic E-state index is 0.178. The van der Waals surface area contributed by atoms with E-state index in [2.05, 4.69) is 5.32 Å². The molecule has 1 N–H and O–H groups in total. The van der Waals surface area contributed by atoms with Crippen molar-refractivity contribution in [1.29, 1.82) is 0 Å². The highest BCUT2D eigenvalue weighted by Crippen LogP contribution is 2.45. The molecule has 1 saturated carbocycles. The van der Waals surface area contributed by atoms with Gasteiger partial charge in [-0.15, -0.1) is 0 Å². The lowest BCUT2D eigenvalue weighted by atomic mass is 9.76. The summed E-state index contributed by atoms with van der Waals surface area (Å²) in [4.78, 5) is 14.6. The smallest absolute Gasteiger partial charge is 0.369 e. The second-order valence-corrected chi connectivity index (χ2v) is 7.13. The van der Waals surface area contributed by atoms with Gasteiger partial charge in [0.25, 0.3) is 0 Å². The van der Waals surface area contributed by atoms with Crippen LogP contribution in [0, 0.1) is 11.3 Å². The predicted octanol–water partition coefficient (Wildman–Crippen LogP) is 2.85. The van der Waals surface area contributed by atoms with Crippen LogP contribution in [0.1, 0.15) is 24.8 Å². The van der Waals surface area contributed by atoms with E-state index in [1.54, 1.807) is 6.07 Å². The zero-order valence-electron chi connectivity index (χ0n) is 12.7. The van der Waals surface area contributed by atoms with Crippen molar-refractivity contribution < 1.29 is 18.0 Å². The Morgan fingerprint density at radius 2 is 2.09 bits per heavy atom. The van der Waals surface area contributed by atoms with Crippen molar-refractivity contribution >= 4 is 11.5 Å². The average molecular weight is 324 g/mol. The molecule has 3 aliphatic rings. The number of piperidine rings is 1. The highest BCUT2D eigenvalue weighted by molar-refractivity contribution is 5.90. The van der Waals surface area contributed by atoms with Crippen molar-refractivity contribution in [3.8, 4) is 0 Å². The predicted molar refractivity (Wildman–Crippen MR) is 80.2 cm³/mol. The number of halogens is 3. The number of nitrogens with zero attached hydrogens (tertiary/aromatic N) is 1. The van der Waals surface area contributed by atoms with Gasteiger partial charge in [-0.1, -0.05) is 6.07 Å². The summed E-state index contributed by atoms with van der Waals surface area (Å²) in [6.45, 7) is 1.83. The molecule has 23 heavy (non-hydrogen) atoms. The van der Waals surface area contributed by atoms with Gasteiger partial charge in [0.05, 0.1) is 11.0 Å². The number of carbonyl (C=O) groups excluding carboxylic acids is 1. The molecule has 0 spiro atoms. The maximum Gasteiger partial charge on any atom is 0.416 e.